The zero-order valence-electron chi connectivity index (χ0n) is 17.0. The predicted octanol–water partition coefficient (Wildman–Crippen LogP) is 2.07. The molecule has 1 amide bonds. The van der Waals surface area contributed by atoms with Crippen LogP contribution < -0.4 is 14.8 Å². The van der Waals surface area contributed by atoms with E-state index in [0.717, 1.165) is 44.2 Å². The largest absolute Gasteiger partial charge is 0.486 e. The van der Waals surface area contributed by atoms with E-state index in [4.69, 9.17) is 9.47 Å². The van der Waals surface area contributed by atoms with Crippen molar-refractivity contribution < 1.29 is 14.3 Å². The summed E-state index contributed by atoms with van der Waals surface area (Å²) in [6.07, 6.45) is -0.153. The number of ether oxygens (including phenoxy) is 2. The molecule has 1 unspecified atom stereocenters. The van der Waals surface area contributed by atoms with Crippen molar-refractivity contribution in [3.05, 3.63) is 59.7 Å². The van der Waals surface area contributed by atoms with Gasteiger partial charge >= 0.3 is 0 Å². The van der Waals surface area contributed by atoms with Crippen molar-refractivity contribution in [1.29, 1.82) is 0 Å². The third-order valence-corrected chi connectivity index (χ3v) is 5.42. The van der Waals surface area contributed by atoms with Gasteiger partial charge in [0.05, 0.1) is 13.1 Å². The molecule has 2 heterocycles. The average molecular weight is 396 g/mol. The second-order valence-corrected chi connectivity index (χ2v) is 7.84. The number of carbonyl (C=O) groups is 1. The number of carbonyl (C=O) groups excluding carboxylic acids is 1. The van der Waals surface area contributed by atoms with Gasteiger partial charge in [0.25, 0.3) is 0 Å². The Hall–Kier alpha value is -2.57. The summed E-state index contributed by atoms with van der Waals surface area (Å²) in [5.74, 6) is 1.54. The van der Waals surface area contributed by atoms with Gasteiger partial charge in [-0.3, -0.25) is 14.6 Å². The molecule has 2 aromatic rings. The van der Waals surface area contributed by atoms with E-state index < -0.39 is 0 Å². The van der Waals surface area contributed by atoms with E-state index in [9.17, 15) is 4.79 Å². The number of nitrogens with zero attached hydrogens (tertiary/aromatic N) is 2. The Morgan fingerprint density at radius 3 is 2.59 bits per heavy atom. The maximum Gasteiger partial charge on any atom is 0.234 e. The number of hydrogen-bond acceptors (Lipinski definition) is 5. The standard InChI is InChI=1S/C23H29N3O3/c1-18-5-4-6-19(13-18)15-25-9-11-26(12-10-25)16-23(27)24-14-20-17-28-21-7-2-3-8-22(21)29-20/h2-8,13,20H,9-12,14-17H2,1H3,(H,24,27). The highest BCUT2D eigenvalue weighted by molar-refractivity contribution is 5.78. The van der Waals surface area contributed by atoms with Gasteiger partial charge in [0, 0.05) is 32.7 Å². The molecule has 1 saturated heterocycles. The van der Waals surface area contributed by atoms with Crippen LogP contribution in [0.4, 0.5) is 0 Å². The molecule has 0 aromatic heterocycles. The lowest BCUT2D eigenvalue weighted by Crippen LogP contribution is -2.50. The first-order valence-corrected chi connectivity index (χ1v) is 10.3. The van der Waals surface area contributed by atoms with Gasteiger partial charge < -0.3 is 14.8 Å². The zero-order chi connectivity index (χ0) is 20.1. The molecule has 0 bridgehead atoms. The number of rotatable bonds is 6. The van der Waals surface area contributed by atoms with Gasteiger partial charge in [-0.05, 0) is 24.6 Å². The molecular weight excluding hydrogens is 366 g/mol. The molecule has 1 fully saturated rings. The summed E-state index contributed by atoms with van der Waals surface area (Å²) in [4.78, 5) is 17.0. The number of para-hydroxylation sites is 2. The number of hydrogen-bond donors (Lipinski definition) is 1. The number of amides is 1. The lowest BCUT2D eigenvalue weighted by atomic mass is 10.1. The fourth-order valence-corrected chi connectivity index (χ4v) is 3.82. The summed E-state index contributed by atoms with van der Waals surface area (Å²) < 4.78 is 11.6. The third-order valence-electron chi connectivity index (χ3n) is 5.42. The Morgan fingerprint density at radius 1 is 1.03 bits per heavy atom. The Morgan fingerprint density at radius 2 is 1.79 bits per heavy atom. The molecule has 29 heavy (non-hydrogen) atoms. The first-order valence-electron chi connectivity index (χ1n) is 10.3. The first-order chi connectivity index (χ1) is 14.2. The fraction of sp³-hybridized carbons (Fsp3) is 0.435. The molecule has 6 heteroatoms. The van der Waals surface area contributed by atoms with Gasteiger partial charge in [0.2, 0.25) is 5.91 Å². The van der Waals surface area contributed by atoms with Crippen LogP contribution in [0.25, 0.3) is 0 Å². The maximum atomic E-state index is 12.3. The molecule has 0 aliphatic carbocycles. The minimum Gasteiger partial charge on any atom is -0.486 e. The summed E-state index contributed by atoms with van der Waals surface area (Å²) in [5, 5.41) is 2.99. The summed E-state index contributed by atoms with van der Waals surface area (Å²) in [6.45, 7) is 8.24. The summed E-state index contributed by atoms with van der Waals surface area (Å²) in [5.41, 5.74) is 2.65. The second-order valence-electron chi connectivity index (χ2n) is 7.84. The van der Waals surface area contributed by atoms with Crippen molar-refractivity contribution in [2.75, 3.05) is 45.9 Å². The molecule has 1 N–H and O–H groups in total. The Balaban J connectivity index is 1.16. The minimum absolute atomic E-state index is 0.0413. The maximum absolute atomic E-state index is 12.3. The van der Waals surface area contributed by atoms with Crippen LogP contribution >= 0.6 is 0 Å². The van der Waals surface area contributed by atoms with E-state index in [0.29, 0.717) is 19.7 Å². The fourth-order valence-electron chi connectivity index (χ4n) is 3.82. The molecule has 2 aromatic carbocycles. The van der Waals surface area contributed by atoms with E-state index in [1.165, 1.54) is 11.1 Å². The second kappa shape index (κ2) is 9.29. The summed E-state index contributed by atoms with van der Waals surface area (Å²) in [6, 6.07) is 16.3. The first kappa shape index (κ1) is 19.7. The molecule has 1 atom stereocenters. The van der Waals surface area contributed by atoms with Crippen molar-refractivity contribution in [1.82, 2.24) is 15.1 Å². The molecule has 154 valence electrons. The van der Waals surface area contributed by atoms with Crippen LogP contribution in [0.5, 0.6) is 11.5 Å². The van der Waals surface area contributed by atoms with Gasteiger partial charge in [-0.2, -0.15) is 0 Å². The van der Waals surface area contributed by atoms with E-state index in [1.54, 1.807) is 0 Å². The van der Waals surface area contributed by atoms with Gasteiger partial charge in [0.1, 0.15) is 12.7 Å². The van der Waals surface area contributed by atoms with Crippen LogP contribution in [0, 0.1) is 6.92 Å². The van der Waals surface area contributed by atoms with Crippen molar-refractivity contribution in [3.63, 3.8) is 0 Å². The van der Waals surface area contributed by atoms with Crippen LogP contribution in [-0.2, 0) is 11.3 Å². The highest BCUT2D eigenvalue weighted by atomic mass is 16.6. The van der Waals surface area contributed by atoms with E-state index in [1.807, 2.05) is 24.3 Å². The third kappa shape index (κ3) is 5.49. The molecule has 2 aliphatic rings. The SMILES string of the molecule is Cc1cccc(CN2CCN(CC(=O)NCC3COc4ccccc4O3)CC2)c1. The number of nitrogens with one attached hydrogen (secondary N) is 1. The van der Waals surface area contributed by atoms with Crippen LogP contribution in [0.1, 0.15) is 11.1 Å². The van der Waals surface area contributed by atoms with Gasteiger partial charge in [0.15, 0.2) is 11.5 Å². The van der Waals surface area contributed by atoms with Crippen molar-refractivity contribution >= 4 is 5.91 Å². The molecule has 0 radical (unpaired) electrons. The smallest absolute Gasteiger partial charge is 0.234 e. The monoisotopic (exact) mass is 395 g/mol. The quantitative estimate of drug-likeness (QED) is 0.812. The zero-order valence-corrected chi connectivity index (χ0v) is 17.0. The molecule has 0 spiro atoms. The predicted molar refractivity (Wildman–Crippen MR) is 112 cm³/mol. The lowest BCUT2D eigenvalue weighted by molar-refractivity contribution is -0.123. The van der Waals surface area contributed by atoms with Crippen molar-refractivity contribution in [2.45, 2.75) is 19.6 Å². The molecule has 4 rings (SSSR count). The van der Waals surface area contributed by atoms with Crippen LogP contribution in [0.2, 0.25) is 0 Å². The highest BCUT2D eigenvalue weighted by Crippen LogP contribution is 2.30. The molecule has 0 saturated carbocycles. The Labute approximate surface area is 172 Å². The average Bonchev–Trinajstić information content (AvgIpc) is 2.73. The highest BCUT2D eigenvalue weighted by Gasteiger charge is 2.22. The van der Waals surface area contributed by atoms with Crippen molar-refractivity contribution in [3.8, 4) is 11.5 Å². The van der Waals surface area contributed by atoms with E-state index in [2.05, 4.69) is 46.3 Å². The summed E-state index contributed by atoms with van der Waals surface area (Å²) in [7, 11) is 0. The molecule has 2 aliphatic heterocycles. The number of fused-ring (bicyclic) bond motifs is 1. The lowest BCUT2D eigenvalue weighted by Gasteiger charge is -2.34. The number of benzene rings is 2. The van der Waals surface area contributed by atoms with Gasteiger partial charge in [-0.15, -0.1) is 0 Å². The van der Waals surface area contributed by atoms with Gasteiger partial charge in [-0.25, -0.2) is 0 Å². The topological polar surface area (TPSA) is 54.0 Å². The van der Waals surface area contributed by atoms with Crippen molar-refractivity contribution in [2.24, 2.45) is 0 Å². The Bertz CT molecular complexity index is 834. The number of piperazine rings is 1. The van der Waals surface area contributed by atoms with Crippen LogP contribution in [0.3, 0.4) is 0 Å². The van der Waals surface area contributed by atoms with Crippen LogP contribution in [0.15, 0.2) is 48.5 Å². The normalized spacial score (nSPS) is 19.7. The Kier molecular flexibility index (Phi) is 6.32. The molecule has 6 nitrogen and oxygen atoms in total. The van der Waals surface area contributed by atoms with Crippen LogP contribution in [-0.4, -0.2) is 67.7 Å². The van der Waals surface area contributed by atoms with Gasteiger partial charge in [-0.1, -0.05) is 42.0 Å². The number of aryl methyl sites for hydroxylation is 1. The minimum atomic E-state index is -0.153. The van der Waals surface area contributed by atoms with E-state index in [-0.39, 0.29) is 12.0 Å². The summed E-state index contributed by atoms with van der Waals surface area (Å²) >= 11 is 0. The molecular formula is C23H29N3O3. The van der Waals surface area contributed by atoms with E-state index >= 15 is 0 Å².